The minimum absolute atomic E-state index is 0.174. The van der Waals surface area contributed by atoms with Crippen LogP contribution in [0.25, 0.3) is 0 Å². The lowest BCUT2D eigenvalue weighted by atomic mass is 9.66. The van der Waals surface area contributed by atoms with E-state index in [0.717, 1.165) is 12.8 Å². The number of aliphatic hydroxyl groups is 1. The first kappa shape index (κ1) is 14.8. The van der Waals surface area contributed by atoms with Crippen LogP contribution in [0.1, 0.15) is 39.5 Å². The van der Waals surface area contributed by atoms with Gasteiger partial charge < -0.3 is 19.7 Å². The molecule has 0 aliphatic carbocycles. The molecule has 2 N–H and O–H groups in total. The number of rotatable bonds is 7. The lowest BCUT2D eigenvalue weighted by molar-refractivity contribution is -0.202. The van der Waals surface area contributed by atoms with Crippen LogP contribution in [-0.4, -0.2) is 48.2 Å². The average molecular weight is 272 g/mol. The van der Waals surface area contributed by atoms with Gasteiger partial charge in [-0.15, -0.1) is 0 Å². The van der Waals surface area contributed by atoms with Gasteiger partial charge in [0, 0.05) is 10.8 Å². The smallest absolute Gasteiger partial charge is 0.335 e. The molecule has 0 aromatic carbocycles. The van der Waals surface area contributed by atoms with Crippen molar-refractivity contribution in [1.29, 1.82) is 0 Å². The molecule has 0 radical (unpaired) electrons. The van der Waals surface area contributed by atoms with E-state index in [4.69, 9.17) is 9.47 Å². The summed E-state index contributed by atoms with van der Waals surface area (Å²) in [5, 5.41) is 20.1. The van der Waals surface area contributed by atoms with E-state index in [9.17, 15) is 15.0 Å². The Balaban J connectivity index is 2.11. The number of carbonyl (C=O) groups is 1. The van der Waals surface area contributed by atoms with Crippen molar-refractivity contribution in [2.75, 3.05) is 26.4 Å². The van der Waals surface area contributed by atoms with Gasteiger partial charge in [-0.25, -0.2) is 4.79 Å². The van der Waals surface area contributed by atoms with E-state index in [2.05, 4.69) is 0 Å². The molecule has 2 saturated heterocycles. The highest BCUT2D eigenvalue weighted by atomic mass is 16.5. The van der Waals surface area contributed by atoms with Crippen molar-refractivity contribution in [2.45, 2.75) is 45.1 Å². The maximum Gasteiger partial charge on any atom is 0.335 e. The van der Waals surface area contributed by atoms with Crippen molar-refractivity contribution >= 4 is 5.97 Å². The molecule has 0 saturated carbocycles. The fraction of sp³-hybridized carbons (Fsp3) is 0.929. The van der Waals surface area contributed by atoms with Crippen LogP contribution < -0.4 is 0 Å². The van der Waals surface area contributed by atoms with Crippen LogP contribution in [0.15, 0.2) is 0 Å². The first-order valence-corrected chi connectivity index (χ1v) is 7.01. The number of ether oxygens (including phenoxy) is 2. The van der Waals surface area contributed by atoms with Gasteiger partial charge in [-0.1, -0.05) is 13.8 Å². The van der Waals surface area contributed by atoms with E-state index in [-0.39, 0.29) is 23.7 Å². The summed E-state index contributed by atoms with van der Waals surface area (Å²) >= 11 is 0. The minimum atomic E-state index is -1.67. The van der Waals surface area contributed by atoms with Crippen LogP contribution >= 0.6 is 0 Å². The Morgan fingerprint density at radius 3 is 1.58 bits per heavy atom. The summed E-state index contributed by atoms with van der Waals surface area (Å²) < 4.78 is 10.4. The Hall–Kier alpha value is -0.650. The summed E-state index contributed by atoms with van der Waals surface area (Å²) in [7, 11) is 0. The van der Waals surface area contributed by atoms with E-state index < -0.39 is 11.6 Å². The summed E-state index contributed by atoms with van der Waals surface area (Å²) in [6.45, 7) is 6.24. The molecule has 5 nitrogen and oxygen atoms in total. The Bertz CT molecular complexity index is 309. The molecule has 0 amide bonds. The van der Waals surface area contributed by atoms with Crippen molar-refractivity contribution in [3.05, 3.63) is 0 Å². The molecule has 110 valence electrons. The van der Waals surface area contributed by atoms with Gasteiger partial charge in [0.05, 0.1) is 26.4 Å². The molecule has 2 aliphatic rings. The summed E-state index contributed by atoms with van der Waals surface area (Å²) in [4.78, 5) is 11.6. The fourth-order valence-corrected chi connectivity index (χ4v) is 3.10. The van der Waals surface area contributed by atoms with E-state index in [0.29, 0.717) is 26.4 Å². The van der Waals surface area contributed by atoms with Crippen molar-refractivity contribution < 1.29 is 24.5 Å². The van der Waals surface area contributed by atoms with Gasteiger partial charge in [0.1, 0.15) is 0 Å². The Morgan fingerprint density at radius 1 is 1.05 bits per heavy atom. The largest absolute Gasteiger partial charge is 0.479 e. The van der Waals surface area contributed by atoms with E-state index in [1.807, 2.05) is 13.8 Å². The fourth-order valence-electron chi connectivity index (χ4n) is 3.10. The van der Waals surface area contributed by atoms with Gasteiger partial charge >= 0.3 is 5.97 Å². The van der Waals surface area contributed by atoms with Crippen LogP contribution in [0.3, 0.4) is 0 Å². The standard InChI is InChI=1S/C14H24O5/c1-3-12(7-18-8-12)5-14(17,11(15)16)6-13(4-2)9-19-10-13/h17H,3-10H2,1-2H3,(H,15,16). The molecule has 2 heterocycles. The molecule has 0 atom stereocenters. The van der Waals surface area contributed by atoms with E-state index in [1.54, 1.807) is 0 Å². The van der Waals surface area contributed by atoms with Crippen molar-refractivity contribution in [3.8, 4) is 0 Å². The summed E-state index contributed by atoms with van der Waals surface area (Å²) in [5.74, 6) is -1.12. The first-order valence-electron chi connectivity index (χ1n) is 7.01. The zero-order valence-corrected chi connectivity index (χ0v) is 11.8. The highest BCUT2D eigenvalue weighted by Crippen LogP contribution is 2.46. The number of carboxylic acids is 1. The molecule has 0 spiro atoms. The second-order valence-electron chi connectivity index (χ2n) is 6.38. The van der Waals surface area contributed by atoms with Crippen LogP contribution in [0.2, 0.25) is 0 Å². The molecule has 2 rings (SSSR count). The third kappa shape index (κ3) is 2.64. The van der Waals surface area contributed by atoms with Gasteiger partial charge in [0.15, 0.2) is 5.60 Å². The number of aliphatic carboxylic acids is 1. The number of carboxylic acid groups (broad SMARTS) is 1. The first-order chi connectivity index (χ1) is 8.89. The third-order valence-electron chi connectivity index (χ3n) is 4.87. The van der Waals surface area contributed by atoms with E-state index >= 15 is 0 Å². The molecule has 0 unspecified atom stereocenters. The van der Waals surface area contributed by atoms with Crippen LogP contribution in [0.5, 0.6) is 0 Å². The lowest BCUT2D eigenvalue weighted by Gasteiger charge is -2.49. The average Bonchev–Trinajstić information content (AvgIpc) is 2.28. The van der Waals surface area contributed by atoms with Crippen molar-refractivity contribution in [2.24, 2.45) is 10.8 Å². The van der Waals surface area contributed by atoms with Crippen molar-refractivity contribution in [3.63, 3.8) is 0 Å². The molecule has 5 heteroatoms. The van der Waals surface area contributed by atoms with Gasteiger partial charge in [0.25, 0.3) is 0 Å². The maximum absolute atomic E-state index is 11.6. The van der Waals surface area contributed by atoms with Crippen LogP contribution in [0, 0.1) is 10.8 Å². The van der Waals surface area contributed by atoms with Gasteiger partial charge in [-0.3, -0.25) is 0 Å². The highest BCUT2D eigenvalue weighted by Gasteiger charge is 2.53. The highest BCUT2D eigenvalue weighted by molar-refractivity contribution is 5.77. The predicted molar refractivity (Wildman–Crippen MR) is 68.9 cm³/mol. The second-order valence-corrected chi connectivity index (χ2v) is 6.38. The molecule has 0 bridgehead atoms. The second kappa shape index (κ2) is 5.04. The monoisotopic (exact) mass is 272 g/mol. The predicted octanol–water partition coefficient (Wildman–Crippen LogP) is 1.44. The third-order valence-corrected chi connectivity index (χ3v) is 4.87. The minimum Gasteiger partial charge on any atom is -0.479 e. The molecule has 0 aromatic rings. The topological polar surface area (TPSA) is 76.0 Å². The Labute approximate surface area is 113 Å². The zero-order valence-electron chi connectivity index (χ0n) is 11.8. The number of hydrogen-bond donors (Lipinski definition) is 2. The van der Waals surface area contributed by atoms with Gasteiger partial charge in [0.2, 0.25) is 0 Å². The van der Waals surface area contributed by atoms with Crippen LogP contribution in [0.4, 0.5) is 0 Å². The molecule has 2 fully saturated rings. The van der Waals surface area contributed by atoms with Crippen molar-refractivity contribution in [1.82, 2.24) is 0 Å². The van der Waals surface area contributed by atoms with E-state index in [1.165, 1.54) is 0 Å². The molecule has 19 heavy (non-hydrogen) atoms. The Morgan fingerprint density at radius 2 is 1.42 bits per heavy atom. The maximum atomic E-state index is 11.6. The molecular formula is C14H24O5. The van der Waals surface area contributed by atoms with Crippen LogP contribution in [-0.2, 0) is 14.3 Å². The molecule has 2 aliphatic heterocycles. The normalized spacial score (nSPS) is 24.4. The van der Waals surface area contributed by atoms with Gasteiger partial charge in [-0.05, 0) is 25.7 Å². The summed E-state index contributed by atoms with van der Waals surface area (Å²) in [6.07, 6.45) is 2.21. The molecular weight excluding hydrogens is 248 g/mol. The zero-order chi connectivity index (χ0) is 14.1. The van der Waals surface area contributed by atoms with Gasteiger partial charge in [-0.2, -0.15) is 0 Å². The SMILES string of the molecule is CCC1(CC(O)(CC2(CC)COC2)C(=O)O)COC1. The lowest BCUT2D eigenvalue weighted by Crippen LogP contribution is -2.56. The summed E-state index contributed by atoms with van der Waals surface area (Å²) in [5.41, 5.74) is -2.01. The molecule has 0 aromatic heterocycles. The summed E-state index contributed by atoms with van der Waals surface area (Å²) in [6, 6.07) is 0. The quantitative estimate of drug-likeness (QED) is 0.733. The number of hydrogen-bond acceptors (Lipinski definition) is 4. The Kier molecular flexibility index (Phi) is 3.91.